The molecule has 1 aromatic carbocycles. The number of guanidine groups is 1. The molecule has 2 aliphatic heterocycles. The fourth-order valence-electron chi connectivity index (χ4n) is 4.43. The van der Waals surface area contributed by atoms with Crippen molar-refractivity contribution in [1.29, 1.82) is 5.41 Å². The SMILES string of the molecule is COc1cncc(C(=O)Nc2cccc([C@]3(C)CC(=O)N([C@@H]4CCO[C@H](C)C4)C(=N)N3)c2Cl)n1.Cl. The highest BCUT2D eigenvalue weighted by molar-refractivity contribution is 6.35. The van der Waals surface area contributed by atoms with Crippen molar-refractivity contribution >= 4 is 47.5 Å². The van der Waals surface area contributed by atoms with Crippen molar-refractivity contribution in [2.45, 2.75) is 50.8 Å². The number of carbonyl (C=O) groups is 2. The van der Waals surface area contributed by atoms with E-state index in [4.69, 9.17) is 26.5 Å². The molecule has 2 fully saturated rings. The van der Waals surface area contributed by atoms with E-state index in [-0.39, 0.29) is 59.4 Å². The van der Waals surface area contributed by atoms with E-state index in [0.717, 1.165) is 0 Å². The average molecular weight is 523 g/mol. The Morgan fingerprint density at radius 1 is 1.40 bits per heavy atom. The molecule has 35 heavy (non-hydrogen) atoms. The Hall–Kier alpha value is -2.95. The Kier molecular flexibility index (Phi) is 8.19. The van der Waals surface area contributed by atoms with Gasteiger partial charge in [0.15, 0.2) is 11.7 Å². The monoisotopic (exact) mass is 522 g/mol. The second-order valence-electron chi connectivity index (χ2n) is 8.67. The van der Waals surface area contributed by atoms with E-state index >= 15 is 0 Å². The summed E-state index contributed by atoms with van der Waals surface area (Å²) in [5, 5.41) is 14.8. The van der Waals surface area contributed by atoms with E-state index in [0.29, 0.717) is 30.7 Å². The minimum Gasteiger partial charge on any atom is -0.480 e. The van der Waals surface area contributed by atoms with Crippen LogP contribution in [0.3, 0.4) is 0 Å². The van der Waals surface area contributed by atoms with Crippen LogP contribution in [0.5, 0.6) is 5.88 Å². The molecule has 2 aromatic rings. The zero-order valence-corrected chi connectivity index (χ0v) is 21.2. The summed E-state index contributed by atoms with van der Waals surface area (Å²) in [6.07, 6.45) is 4.24. The van der Waals surface area contributed by atoms with Gasteiger partial charge in [-0.2, -0.15) is 0 Å². The zero-order chi connectivity index (χ0) is 24.5. The van der Waals surface area contributed by atoms with E-state index in [1.54, 1.807) is 18.2 Å². The topological polar surface area (TPSA) is 130 Å². The molecule has 188 valence electrons. The first-order chi connectivity index (χ1) is 16.2. The van der Waals surface area contributed by atoms with Crippen molar-refractivity contribution in [2.75, 3.05) is 19.0 Å². The van der Waals surface area contributed by atoms with Crippen LogP contribution in [0.4, 0.5) is 5.69 Å². The summed E-state index contributed by atoms with van der Waals surface area (Å²) < 4.78 is 10.6. The Morgan fingerprint density at radius 3 is 2.86 bits per heavy atom. The number of carbonyl (C=O) groups excluding carboxylic acids is 2. The number of halogens is 2. The lowest BCUT2D eigenvalue weighted by Gasteiger charge is -2.45. The normalized spacial score (nSPS) is 24.3. The zero-order valence-electron chi connectivity index (χ0n) is 19.6. The van der Waals surface area contributed by atoms with Gasteiger partial charge in [-0.25, -0.2) is 4.98 Å². The fourth-order valence-corrected chi connectivity index (χ4v) is 4.81. The molecule has 2 saturated heterocycles. The molecular formula is C23H28Cl2N6O4. The maximum absolute atomic E-state index is 13.2. The summed E-state index contributed by atoms with van der Waals surface area (Å²) in [5.74, 6) is -0.403. The molecule has 0 spiro atoms. The number of hydrogen-bond donors (Lipinski definition) is 3. The predicted octanol–water partition coefficient (Wildman–Crippen LogP) is 3.35. The molecule has 10 nitrogen and oxygen atoms in total. The molecule has 0 radical (unpaired) electrons. The van der Waals surface area contributed by atoms with Crippen molar-refractivity contribution in [2.24, 2.45) is 0 Å². The van der Waals surface area contributed by atoms with Crippen LogP contribution in [0.15, 0.2) is 30.6 Å². The number of methoxy groups -OCH3 is 1. The van der Waals surface area contributed by atoms with Crippen LogP contribution in [0.1, 0.15) is 49.2 Å². The summed E-state index contributed by atoms with van der Waals surface area (Å²) in [6.45, 7) is 4.35. The number of nitrogens with zero attached hydrogens (tertiary/aromatic N) is 3. The molecule has 0 saturated carbocycles. The first-order valence-corrected chi connectivity index (χ1v) is 11.4. The maximum Gasteiger partial charge on any atom is 0.276 e. The molecule has 0 unspecified atom stereocenters. The molecular weight excluding hydrogens is 495 g/mol. The number of nitrogens with one attached hydrogen (secondary N) is 3. The Labute approximate surface area is 214 Å². The van der Waals surface area contributed by atoms with Gasteiger partial charge in [0.25, 0.3) is 5.91 Å². The Bertz CT molecular complexity index is 1110. The van der Waals surface area contributed by atoms with Gasteiger partial charge in [0, 0.05) is 12.6 Å². The van der Waals surface area contributed by atoms with Gasteiger partial charge in [0.1, 0.15) is 0 Å². The third-order valence-corrected chi connectivity index (χ3v) is 6.53. The van der Waals surface area contributed by atoms with Gasteiger partial charge in [-0.1, -0.05) is 23.7 Å². The van der Waals surface area contributed by atoms with E-state index in [2.05, 4.69) is 20.6 Å². The Balaban J connectivity index is 0.00000342. The van der Waals surface area contributed by atoms with Crippen LogP contribution in [0.25, 0.3) is 0 Å². The van der Waals surface area contributed by atoms with E-state index < -0.39 is 11.4 Å². The number of anilines is 1. The van der Waals surface area contributed by atoms with Crippen molar-refractivity contribution < 1.29 is 19.1 Å². The number of hydrogen-bond acceptors (Lipinski definition) is 7. The molecule has 12 heteroatoms. The summed E-state index contributed by atoms with van der Waals surface area (Å²) in [5.41, 5.74) is 0.106. The summed E-state index contributed by atoms with van der Waals surface area (Å²) in [7, 11) is 1.44. The van der Waals surface area contributed by atoms with E-state index in [1.807, 2.05) is 13.8 Å². The second-order valence-corrected chi connectivity index (χ2v) is 9.05. The van der Waals surface area contributed by atoms with E-state index in [1.165, 1.54) is 24.4 Å². The van der Waals surface area contributed by atoms with Crippen molar-refractivity contribution in [3.63, 3.8) is 0 Å². The van der Waals surface area contributed by atoms with Crippen LogP contribution in [-0.2, 0) is 15.1 Å². The van der Waals surface area contributed by atoms with Crippen molar-refractivity contribution in [3.8, 4) is 5.88 Å². The van der Waals surface area contributed by atoms with Gasteiger partial charge in [-0.3, -0.25) is 24.9 Å². The van der Waals surface area contributed by atoms with Gasteiger partial charge >= 0.3 is 0 Å². The lowest BCUT2D eigenvalue weighted by Crippen LogP contribution is -2.63. The van der Waals surface area contributed by atoms with Gasteiger partial charge < -0.3 is 20.1 Å². The van der Waals surface area contributed by atoms with Crippen LogP contribution in [0, 0.1) is 5.41 Å². The highest BCUT2D eigenvalue weighted by atomic mass is 35.5. The first kappa shape index (κ1) is 26.7. The van der Waals surface area contributed by atoms with Crippen LogP contribution in [0.2, 0.25) is 5.02 Å². The third-order valence-electron chi connectivity index (χ3n) is 6.13. The third kappa shape index (κ3) is 5.50. The van der Waals surface area contributed by atoms with Crippen LogP contribution in [-0.4, -0.2) is 58.5 Å². The minimum absolute atomic E-state index is 0. The molecule has 3 atom stereocenters. The average Bonchev–Trinajstić information content (AvgIpc) is 2.80. The van der Waals surface area contributed by atoms with Gasteiger partial charge in [-0.15, -0.1) is 12.4 Å². The predicted molar refractivity (Wildman–Crippen MR) is 133 cm³/mol. The number of rotatable bonds is 5. The molecule has 0 aliphatic carbocycles. The molecule has 3 N–H and O–H groups in total. The molecule has 2 aliphatic rings. The first-order valence-electron chi connectivity index (χ1n) is 11.0. The highest BCUT2D eigenvalue weighted by Crippen LogP contribution is 2.38. The van der Waals surface area contributed by atoms with Gasteiger partial charge in [0.05, 0.1) is 48.3 Å². The largest absolute Gasteiger partial charge is 0.480 e. The minimum atomic E-state index is -0.922. The van der Waals surface area contributed by atoms with Gasteiger partial charge in [-0.05, 0) is 38.3 Å². The Morgan fingerprint density at radius 2 is 2.17 bits per heavy atom. The smallest absolute Gasteiger partial charge is 0.276 e. The van der Waals surface area contributed by atoms with E-state index in [9.17, 15) is 9.59 Å². The quantitative estimate of drug-likeness (QED) is 0.548. The molecule has 0 bridgehead atoms. The molecule has 3 heterocycles. The molecule has 2 amide bonds. The van der Waals surface area contributed by atoms with Gasteiger partial charge in [0.2, 0.25) is 11.8 Å². The number of aromatic nitrogens is 2. The maximum atomic E-state index is 13.2. The fraction of sp³-hybridized carbons (Fsp3) is 0.435. The lowest BCUT2D eigenvalue weighted by atomic mass is 9.85. The highest BCUT2D eigenvalue weighted by Gasteiger charge is 2.43. The lowest BCUT2D eigenvalue weighted by molar-refractivity contribution is -0.134. The standard InChI is InChI=1S/C23H27ClN6O4.ClH/c1-13-9-14(7-8-34-13)30-19(31)10-23(2,29-22(30)25)15-5-4-6-16(20(15)24)28-21(32)17-11-26-12-18(27-17)33-3;/h4-6,11-14H,7-10H2,1-3H3,(H2,25,29)(H,28,32);1H/t13-,14-,23+;/m1./s1. The summed E-state index contributed by atoms with van der Waals surface area (Å²) >= 11 is 6.69. The number of amides is 2. The number of ether oxygens (including phenoxy) is 2. The molecule has 4 rings (SSSR count). The van der Waals surface area contributed by atoms with Crippen LogP contribution >= 0.6 is 24.0 Å². The number of benzene rings is 1. The summed E-state index contributed by atoms with van der Waals surface area (Å²) in [4.78, 5) is 35.4. The summed E-state index contributed by atoms with van der Waals surface area (Å²) in [6, 6.07) is 5.10. The second kappa shape index (κ2) is 10.8. The van der Waals surface area contributed by atoms with Crippen molar-refractivity contribution in [1.82, 2.24) is 20.2 Å². The molecule has 1 aromatic heterocycles. The van der Waals surface area contributed by atoms with Crippen LogP contribution < -0.4 is 15.4 Å². The van der Waals surface area contributed by atoms with Crippen molar-refractivity contribution in [3.05, 3.63) is 46.9 Å².